The fraction of sp³-hybridized carbons (Fsp3) is 1.00. The first-order chi connectivity index (χ1) is 6.60. The largest absolute Gasteiger partial charge is 0.400 e. The van der Waals surface area contributed by atoms with Crippen molar-refractivity contribution in [3.05, 3.63) is 0 Å². The molecule has 3 atom stereocenters. The molecule has 0 radical (unpaired) electrons. The van der Waals surface area contributed by atoms with E-state index in [0.717, 1.165) is 0 Å². The zero-order chi connectivity index (χ0) is 11.9. The lowest BCUT2D eigenvalue weighted by molar-refractivity contribution is -0.131. The minimum absolute atomic E-state index is 0.0818. The van der Waals surface area contributed by atoms with Crippen molar-refractivity contribution in [3.63, 3.8) is 0 Å². The summed E-state index contributed by atoms with van der Waals surface area (Å²) in [5.74, 6) is 0. The van der Waals surface area contributed by atoms with Crippen molar-refractivity contribution >= 4 is 19.4 Å². The number of alkyl halides is 3. The van der Waals surface area contributed by atoms with Gasteiger partial charge in [0.2, 0.25) is 0 Å². The summed E-state index contributed by atoms with van der Waals surface area (Å²) >= 11 is 0.281. The van der Waals surface area contributed by atoms with Crippen LogP contribution in [0.2, 0.25) is 0 Å². The van der Waals surface area contributed by atoms with Crippen molar-refractivity contribution in [2.75, 3.05) is 0 Å². The predicted molar refractivity (Wildman–Crippen MR) is 50.5 cm³/mol. The molecule has 1 heterocycles. The molecule has 0 bridgehead atoms. The number of hydrogen-bond acceptors (Lipinski definition) is 3. The molecule has 0 aromatic heterocycles. The highest BCUT2D eigenvalue weighted by atomic mass is 32.2. The van der Waals surface area contributed by atoms with Crippen LogP contribution in [0.15, 0.2) is 0 Å². The second-order valence-corrected chi connectivity index (χ2v) is 7.00. The maximum atomic E-state index is 12.3. The third kappa shape index (κ3) is 3.64. The molecule has 0 amide bonds. The molecular weight excluding hydrogens is 254 g/mol. The molecule has 4 N–H and O–H groups in total. The van der Waals surface area contributed by atoms with Crippen LogP contribution < -0.4 is 5.73 Å². The summed E-state index contributed by atoms with van der Waals surface area (Å²) in [6, 6.07) is -0.810. The molecule has 15 heavy (non-hydrogen) atoms. The van der Waals surface area contributed by atoms with Crippen LogP contribution in [0.25, 0.3) is 0 Å². The topological polar surface area (TPSA) is 83.6 Å². The highest BCUT2D eigenvalue weighted by molar-refractivity contribution is 8.05. The summed E-state index contributed by atoms with van der Waals surface area (Å²) in [6.07, 6.45) is -4.83. The van der Waals surface area contributed by atoms with E-state index in [1.807, 2.05) is 0 Å². The van der Waals surface area contributed by atoms with E-state index in [2.05, 4.69) is 0 Å². The van der Waals surface area contributed by atoms with Gasteiger partial charge in [-0.15, -0.1) is 11.8 Å². The van der Waals surface area contributed by atoms with E-state index in [-0.39, 0.29) is 24.6 Å². The molecule has 3 unspecified atom stereocenters. The normalized spacial score (nSPS) is 34.1. The predicted octanol–water partition coefficient (Wildman–Crippen LogP) is 1.28. The third-order valence-electron chi connectivity index (χ3n) is 2.08. The quantitative estimate of drug-likeness (QED) is 0.622. The summed E-state index contributed by atoms with van der Waals surface area (Å²) in [4.78, 5) is 16.3. The molecular formula is C6H11F3NO3PS. The Kier molecular flexibility index (Phi) is 3.78. The Hall–Kier alpha value is 0.250. The molecule has 0 saturated carbocycles. The van der Waals surface area contributed by atoms with Gasteiger partial charge in [0.15, 0.2) is 0 Å². The van der Waals surface area contributed by atoms with Crippen molar-refractivity contribution in [1.29, 1.82) is 0 Å². The van der Waals surface area contributed by atoms with Gasteiger partial charge >= 0.3 is 13.8 Å². The van der Waals surface area contributed by atoms with E-state index < -0.39 is 30.1 Å². The average molecular weight is 265 g/mol. The smallest absolute Gasteiger partial charge is 0.328 e. The minimum atomic E-state index is -4.50. The molecule has 9 heteroatoms. The van der Waals surface area contributed by atoms with Gasteiger partial charge in [-0.05, 0) is 12.8 Å². The molecule has 90 valence electrons. The second-order valence-electron chi connectivity index (χ2n) is 3.44. The lowest BCUT2D eigenvalue weighted by atomic mass is 10.1. The van der Waals surface area contributed by atoms with Gasteiger partial charge in [0.1, 0.15) is 10.2 Å². The van der Waals surface area contributed by atoms with Crippen molar-refractivity contribution in [3.8, 4) is 0 Å². The Morgan fingerprint density at radius 2 is 1.87 bits per heavy atom. The van der Waals surface area contributed by atoms with Crippen LogP contribution in [0.1, 0.15) is 12.8 Å². The SMILES string of the molecule is NC1CC(C(F)(F)F)SC(P(=O)(O)O)C1. The second kappa shape index (κ2) is 4.25. The fourth-order valence-electron chi connectivity index (χ4n) is 1.36. The molecule has 4 nitrogen and oxygen atoms in total. The molecule has 1 rings (SSSR count). The zero-order valence-corrected chi connectivity index (χ0v) is 9.23. The van der Waals surface area contributed by atoms with Gasteiger partial charge in [0.25, 0.3) is 0 Å². The first-order valence-corrected chi connectivity index (χ1v) is 6.76. The molecule has 1 aliphatic rings. The van der Waals surface area contributed by atoms with E-state index in [1.165, 1.54) is 0 Å². The van der Waals surface area contributed by atoms with Crippen LogP contribution in [0, 0.1) is 0 Å². The van der Waals surface area contributed by atoms with Gasteiger partial charge in [-0.25, -0.2) is 0 Å². The number of rotatable bonds is 1. The van der Waals surface area contributed by atoms with Crippen molar-refractivity contribution in [2.45, 2.75) is 35.3 Å². The van der Waals surface area contributed by atoms with E-state index in [4.69, 9.17) is 15.5 Å². The minimum Gasteiger partial charge on any atom is -0.328 e. The first kappa shape index (κ1) is 13.3. The summed E-state index contributed by atoms with van der Waals surface area (Å²) in [5.41, 5.74) is 5.35. The molecule has 1 fully saturated rings. The lowest BCUT2D eigenvalue weighted by Gasteiger charge is -2.33. The summed E-state index contributed by atoms with van der Waals surface area (Å²) < 4.78 is 47.9. The fourth-order valence-corrected chi connectivity index (χ4v) is 4.23. The standard InChI is InChI=1S/C6H11F3NO3PS/c7-6(8,9)4-1-3(10)2-5(15-4)14(11,12)13/h3-5H,1-2,10H2,(H2,11,12,13). The van der Waals surface area contributed by atoms with E-state index in [0.29, 0.717) is 0 Å². The highest BCUT2D eigenvalue weighted by Crippen LogP contribution is 2.55. The Balaban J connectivity index is 2.77. The molecule has 0 aromatic carbocycles. The van der Waals surface area contributed by atoms with E-state index in [9.17, 15) is 17.7 Å². The van der Waals surface area contributed by atoms with Crippen LogP contribution in [-0.2, 0) is 4.57 Å². The maximum Gasteiger partial charge on any atom is 0.400 e. The van der Waals surface area contributed by atoms with E-state index >= 15 is 0 Å². The third-order valence-corrected chi connectivity index (χ3v) is 5.53. The van der Waals surface area contributed by atoms with E-state index in [1.54, 1.807) is 0 Å². The Morgan fingerprint density at radius 3 is 2.27 bits per heavy atom. The maximum absolute atomic E-state index is 12.3. The van der Waals surface area contributed by atoms with Crippen LogP contribution in [0.4, 0.5) is 13.2 Å². The van der Waals surface area contributed by atoms with Crippen molar-refractivity contribution in [1.82, 2.24) is 0 Å². The highest BCUT2D eigenvalue weighted by Gasteiger charge is 2.48. The molecule has 1 aliphatic heterocycles. The van der Waals surface area contributed by atoms with Crippen molar-refractivity contribution in [2.24, 2.45) is 5.73 Å². The van der Waals surface area contributed by atoms with Gasteiger partial charge in [-0.1, -0.05) is 0 Å². The van der Waals surface area contributed by atoms with Gasteiger partial charge in [-0.2, -0.15) is 13.2 Å². The molecule has 0 spiro atoms. The van der Waals surface area contributed by atoms with Gasteiger partial charge in [0.05, 0.1) is 0 Å². The number of halogens is 3. The summed E-state index contributed by atoms with van der Waals surface area (Å²) in [6.45, 7) is 0. The molecule has 1 saturated heterocycles. The van der Waals surface area contributed by atoms with Gasteiger partial charge < -0.3 is 15.5 Å². The summed E-state index contributed by atoms with van der Waals surface area (Å²) in [7, 11) is -4.50. The van der Waals surface area contributed by atoms with Gasteiger partial charge in [0, 0.05) is 6.04 Å². The monoisotopic (exact) mass is 265 g/mol. The van der Waals surface area contributed by atoms with Gasteiger partial charge in [-0.3, -0.25) is 4.57 Å². The van der Waals surface area contributed by atoms with Crippen molar-refractivity contribution < 1.29 is 27.5 Å². The Bertz CT molecular complexity index is 281. The molecule has 0 aliphatic carbocycles. The van der Waals surface area contributed by atoms with Crippen LogP contribution in [0.5, 0.6) is 0 Å². The first-order valence-electron chi connectivity index (χ1n) is 4.13. The molecule has 0 aromatic rings. The average Bonchev–Trinajstić information content (AvgIpc) is 1.99. The Labute approximate surface area is 88.6 Å². The number of thioether (sulfide) groups is 1. The number of hydrogen-bond donors (Lipinski definition) is 3. The lowest BCUT2D eigenvalue weighted by Crippen LogP contribution is -2.40. The van der Waals surface area contributed by atoms with Crippen LogP contribution in [0.3, 0.4) is 0 Å². The Morgan fingerprint density at radius 1 is 1.33 bits per heavy atom. The zero-order valence-electron chi connectivity index (χ0n) is 7.52. The van der Waals surface area contributed by atoms with Crippen LogP contribution >= 0.6 is 19.4 Å². The van der Waals surface area contributed by atoms with Crippen LogP contribution in [-0.4, -0.2) is 32.2 Å². The number of nitrogens with two attached hydrogens (primary N) is 1. The summed E-state index contributed by atoms with van der Waals surface area (Å²) in [5, 5.41) is -1.78.